The summed E-state index contributed by atoms with van der Waals surface area (Å²) in [5.41, 5.74) is -1.37. The molecule has 1 aliphatic rings. The fourth-order valence-electron chi connectivity index (χ4n) is 2.58. The highest BCUT2D eigenvalue weighted by atomic mass is 79.9. The summed E-state index contributed by atoms with van der Waals surface area (Å²) in [5, 5.41) is 0. The van der Waals surface area contributed by atoms with Crippen LogP contribution in [-0.4, -0.2) is 5.97 Å². The quantitative estimate of drug-likeness (QED) is 0.257. The first-order valence-corrected chi connectivity index (χ1v) is 8.24. The third-order valence-corrected chi connectivity index (χ3v) is 5.08. The minimum Gasteiger partial charge on any atom is -0.460 e. The molecule has 2 atom stereocenters. The number of halogens is 7. The molecule has 0 amide bonds. The number of hydrogen-bond acceptors (Lipinski definition) is 2. The first-order valence-electron chi connectivity index (χ1n) is 6.69. The van der Waals surface area contributed by atoms with Crippen LogP contribution in [0.25, 0.3) is 0 Å². The van der Waals surface area contributed by atoms with Crippen molar-refractivity contribution < 1.29 is 27.1 Å². The van der Waals surface area contributed by atoms with Crippen LogP contribution in [0.2, 0.25) is 0 Å². The van der Waals surface area contributed by atoms with Crippen LogP contribution in [0, 0.1) is 40.5 Å². The van der Waals surface area contributed by atoms with Gasteiger partial charge in [-0.1, -0.05) is 37.0 Å². The Balaban J connectivity index is 2.16. The van der Waals surface area contributed by atoms with E-state index in [1.54, 1.807) is 13.8 Å². The fraction of sp³-hybridized carbons (Fsp3) is 0.400. The van der Waals surface area contributed by atoms with E-state index in [2.05, 4.69) is 15.9 Å². The van der Waals surface area contributed by atoms with Gasteiger partial charge in [0, 0.05) is 0 Å². The van der Waals surface area contributed by atoms with Crippen LogP contribution in [0.15, 0.2) is 15.0 Å². The normalized spacial score (nSPS) is 21.4. The molecule has 2 unspecified atom stereocenters. The van der Waals surface area contributed by atoms with Crippen LogP contribution in [0.1, 0.15) is 19.4 Å². The van der Waals surface area contributed by atoms with Crippen molar-refractivity contribution in [1.29, 1.82) is 0 Å². The topological polar surface area (TPSA) is 26.3 Å². The smallest absolute Gasteiger partial charge is 0.310 e. The first-order chi connectivity index (χ1) is 11.0. The van der Waals surface area contributed by atoms with Crippen LogP contribution in [0.3, 0.4) is 0 Å². The van der Waals surface area contributed by atoms with Gasteiger partial charge in [-0.3, -0.25) is 4.79 Å². The van der Waals surface area contributed by atoms with E-state index in [1.165, 1.54) is 6.08 Å². The van der Waals surface area contributed by atoms with Crippen LogP contribution < -0.4 is 0 Å². The highest BCUT2D eigenvalue weighted by Gasteiger charge is 2.61. The lowest BCUT2D eigenvalue weighted by molar-refractivity contribution is -0.147. The predicted octanol–water partition coefficient (Wildman–Crippen LogP) is 5.64. The molecule has 1 aromatic carbocycles. The second-order valence-corrected chi connectivity index (χ2v) is 7.74. The van der Waals surface area contributed by atoms with Crippen LogP contribution in [-0.2, 0) is 16.1 Å². The van der Waals surface area contributed by atoms with Gasteiger partial charge in [0.25, 0.3) is 0 Å². The highest BCUT2D eigenvalue weighted by Crippen LogP contribution is 2.60. The second kappa shape index (κ2) is 6.84. The molecule has 0 heterocycles. The maximum Gasteiger partial charge on any atom is 0.310 e. The van der Waals surface area contributed by atoms with E-state index in [4.69, 9.17) is 27.9 Å². The van der Waals surface area contributed by atoms with Gasteiger partial charge < -0.3 is 4.74 Å². The molecule has 9 heteroatoms. The molecular formula is C15H11BrCl2F4O2. The van der Waals surface area contributed by atoms with Gasteiger partial charge in [-0.15, -0.1) is 0 Å². The Labute approximate surface area is 153 Å². The summed E-state index contributed by atoms with van der Waals surface area (Å²) >= 11 is 13.6. The van der Waals surface area contributed by atoms with Crippen LogP contribution in [0.5, 0.6) is 0 Å². The van der Waals surface area contributed by atoms with Gasteiger partial charge in [-0.05, 0) is 33.3 Å². The minimum atomic E-state index is -1.85. The van der Waals surface area contributed by atoms with E-state index in [1.807, 2.05) is 0 Å². The van der Waals surface area contributed by atoms with Crippen molar-refractivity contribution in [2.24, 2.45) is 17.3 Å². The number of carbonyl (C=O) groups excluding carboxylic acids is 1. The number of esters is 1. The lowest BCUT2D eigenvalue weighted by atomic mass is 10.1. The molecule has 0 N–H and O–H groups in total. The van der Waals surface area contributed by atoms with E-state index < -0.39 is 57.2 Å². The molecule has 0 aliphatic heterocycles. The highest BCUT2D eigenvalue weighted by molar-refractivity contribution is 9.10. The minimum absolute atomic E-state index is 0.00926. The van der Waals surface area contributed by atoms with Crippen molar-refractivity contribution in [2.75, 3.05) is 0 Å². The van der Waals surface area contributed by atoms with Gasteiger partial charge in [0.15, 0.2) is 17.5 Å². The van der Waals surface area contributed by atoms with Gasteiger partial charge >= 0.3 is 5.97 Å². The van der Waals surface area contributed by atoms with Gasteiger partial charge in [0.1, 0.15) is 16.9 Å². The number of benzene rings is 1. The summed E-state index contributed by atoms with van der Waals surface area (Å²) in [5.74, 6) is -8.28. The molecule has 2 nitrogen and oxygen atoms in total. The summed E-state index contributed by atoms with van der Waals surface area (Å²) in [4.78, 5) is 12.1. The van der Waals surface area contributed by atoms with E-state index >= 15 is 0 Å². The SMILES string of the molecule is CC1(C)C(C=C(Cl)Cl)C1C(=O)OCc1c(F)c(F)c(F)c(Br)c1F. The van der Waals surface area contributed by atoms with Crippen molar-refractivity contribution in [3.8, 4) is 0 Å². The number of carbonyl (C=O) groups is 1. The summed E-state index contributed by atoms with van der Waals surface area (Å²) < 4.78 is 58.0. The zero-order chi connectivity index (χ0) is 18.4. The number of hydrogen-bond donors (Lipinski definition) is 0. The van der Waals surface area contributed by atoms with Gasteiger partial charge in [0.2, 0.25) is 0 Å². The predicted molar refractivity (Wildman–Crippen MR) is 84.3 cm³/mol. The Kier molecular flexibility index (Phi) is 5.57. The summed E-state index contributed by atoms with van der Waals surface area (Å²) in [6.07, 6.45) is 1.48. The van der Waals surface area contributed by atoms with Crippen molar-refractivity contribution in [2.45, 2.75) is 20.5 Å². The van der Waals surface area contributed by atoms with Crippen molar-refractivity contribution in [3.05, 3.63) is 43.9 Å². The Morgan fingerprint density at radius 3 is 2.29 bits per heavy atom. The lowest BCUT2D eigenvalue weighted by Gasteiger charge is -2.10. The summed E-state index contributed by atoms with van der Waals surface area (Å²) in [6.45, 7) is 2.67. The Bertz CT molecular complexity index is 704. The molecule has 0 bridgehead atoms. The number of ether oxygens (including phenoxy) is 1. The van der Waals surface area contributed by atoms with Gasteiger partial charge in [-0.25, -0.2) is 17.6 Å². The largest absolute Gasteiger partial charge is 0.460 e. The fourth-order valence-corrected chi connectivity index (χ4v) is 3.27. The third-order valence-electron chi connectivity index (χ3n) is 4.13. The Morgan fingerprint density at radius 1 is 1.17 bits per heavy atom. The Hall–Kier alpha value is -0.790. The van der Waals surface area contributed by atoms with E-state index in [0.29, 0.717) is 0 Å². The molecule has 0 aromatic heterocycles. The molecule has 0 radical (unpaired) electrons. The number of allylic oxidation sites excluding steroid dienone is 1. The van der Waals surface area contributed by atoms with Gasteiger partial charge in [-0.2, -0.15) is 0 Å². The molecule has 132 valence electrons. The molecule has 2 rings (SSSR count). The van der Waals surface area contributed by atoms with Gasteiger partial charge in [0.05, 0.1) is 16.0 Å². The lowest BCUT2D eigenvalue weighted by Crippen LogP contribution is -2.13. The average molecular weight is 450 g/mol. The monoisotopic (exact) mass is 448 g/mol. The molecule has 1 fully saturated rings. The van der Waals surface area contributed by atoms with E-state index in [9.17, 15) is 22.4 Å². The maximum absolute atomic E-state index is 13.8. The second-order valence-electron chi connectivity index (χ2n) is 5.94. The average Bonchev–Trinajstić information content (AvgIpc) is 3.02. The molecule has 1 saturated carbocycles. The number of rotatable bonds is 4. The van der Waals surface area contributed by atoms with Crippen molar-refractivity contribution in [3.63, 3.8) is 0 Å². The molecule has 0 saturated heterocycles. The Morgan fingerprint density at radius 2 is 1.75 bits per heavy atom. The molecule has 1 aromatic rings. The zero-order valence-corrected chi connectivity index (χ0v) is 15.5. The third kappa shape index (κ3) is 3.44. The zero-order valence-electron chi connectivity index (χ0n) is 12.4. The standard InChI is InChI=1S/C15H11BrCl2F4O2/c1-15(2)6(3-7(17)18)8(15)14(23)24-4-5-10(19)9(16)12(21)13(22)11(5)20/h3,6,8H,4H2,1-2H3. The maximum atomic E-state index is 13.8. The van der Waals surface area contributed by atoms with E-state index in [-0.39, 0.29) is 10.4 Å². The molecule has 0 spiro atoms. The molecule has 24 heavy (non-hydrogen) atoms. The van der Waals surface area contributed by atoms with Crippen LogP contribution >= 0.6 is 39.1 Å². The van der Waals surface area contributed by atoms with Crippen LogP contribution in [0.4, 0.5) is 17.6 Å². The van der Waals surface area contributed by atoms with Crippen molar-refractivity contribution >= 4 is 45.1 Å². The summed E-state index contributed by atoms with van der Waals surface area (Å²) in [7, 11) is 0. The van der Waals surface area contributed by atoms with Crippen molar-refractivity contribution in [1.82, 2.24) is 0 Å². The summed E-state index contributed by atoms with van der Waals surface area (Å²) in [6, 6.07) is 0. The first kappa shape index (κ1) is 19.5. The molecular weight excluding hydrogens is 439 g/mol. The van der Waals surface area contributed by atoms with E-state index in [0.717, 1.165) is 0 Å². The molecule has 1 aliphatic carbocycles.